The number of halogens is 2. The van der Waals surface area contributed by atoms with Gasteiger partial charge in [0.05, 0.1) is 0 Å². The van der Waals surface area contributed by atoms with Crippen LogP contribution < -0.4 is 17.4 Å². The zero-order valence-corrected chi connectivity index (χ0v) is 4.92. The van der Waals surface area contributed by atoms with Gasteiger partial charge in [0.25, 0.3) is 0 Å². The van der Waals surface area contributed by atoms with Crippen molar-refractivity contribution in [1.82, 2.24) is 4.98 Å². The van der Waals surface area contributed by atoms with Gasteiger partial charge in [-0.2, -0.15) is 0 Å². The van der Waals surface area contributed by atoms with Crippen molar-refractivity contribution in [2.24, 2.45) is 0 Å². The van der Waals surface area contributed by atoms with Gasteiger partial charge in [-0.1, -0.05) is 0 Å². The zero-order chi connectivity index (χ0) is 4.41. The Kier molecular flexibility index (Phi) is 2.79. The van der Waals surface area contributed by atoms with Crippen LogP contribution in [0.25, 0.3) is 0 Å². The van der Waals surface area contributed by atoms with Crippen LogP contribution in [0.2, 0.25) is 5.28 Å². The van der Waals surface area contributed by atoms with Gasteiger partial charge in [0.2, 0.25) is 0 Å². The second-order valence-electron chi connectivity index (χ2n) is 0.936. The summed E-state index contributed by atoms with van der Waals surface area (Å²) >= 11 is 5.34. The predicted octanol–water partition coefficient (Wildman–Crippen LogP) is -2.51. The number of hydrogen-bond acceptors (Lipinski definition) is 0. The third kappa shape index (κ3) is 1.80. The highest BCUT2D eigenvalue weighted by Crippen LogP contribution is 1.86. The van der Waals surface area contributed by atoms with Gasteiger partial charge >= 0.3 is 5.28 Å². The summed E-state index contributed by atoms with van der Waals surface area (Å²) in [5.41, 5.74) is 0. The smallest absolute Gasteiger partial charge is 0.350 e. The first-order chi connectivity index (χ1) is 2.89. The standard InChI is InChI=1S/C3H3ClN2.ClH/c4-3-5-1-2-6-3;/h1-2H,(H,5,6);1H. The highest BCUT2D eigenvalue weighted by molar-refractivity contribution is 6.27. The molecule has 0 radical (unpaired) electrons. The molecule has 0 aliphatic rings. The predicted molar refractivity (Wildman–Crippen MR) is 22.4 cm³/mol. The van der Waals surface area contributed by atoms with Crippen LogP contribution in [-0.2, 0) is 0 Å². The minimum Gasteiger partial charge on any atom is -1.00 e. The molecule has 1 aromatic rings. The van der Waals surface area contributed by atoms with Crippen molar-refractivity contribution < 1.29 is 17.4 Å². The third-order valence-electron chi connectivity index (χ3n) is 0.503. The Labute approximate surface area is 52.3 Å². The molecule has 0 spiro atoms. The third-order valence-corrected chi connectivity index (χ3v) is 0.722. The van der Waals surface area contributed by atoms with E-state index in [4.69, 9.17) is 11.6 Å². The van der Waals surface area contributed by atoms with E-state index >= 15 is 0 Å². The molecule has 7 heavy (non-hydrogen) atoms. The lowest BCUT2D eigenvalue weighted by Gasteiger charge is -1.55. The van der Waals surface area contributed by atoms with Gasteiger partial charge in [-0.05, 0) is 0 Å². The Balaban J connectivity index is 0.000000360. The maximum Gasteiger partial charge on any atom is 0.350 e. The monoisotopic (exact) mass is 138 g/mol. The van der Waals surface area contributed by atoms with Crippen molar-refractivity contribution in [2.45, 2.75) is 0 Å². The van der Waals surface area contributed by atoms with Gasteiger partial charge in [-0.25, -0.2) is 9.97 Å². The largest absolute Gasteiger partial charge is 1.00 e. The van der Waals surface area contributed by atoms with E-state index in [2.05, 4.69) is 9.97 Å². The van der Waals surface area contributed by atoms with E-state index < -0.39 is 0 Å². The van der Waals surface area contributed by atoms with Gasteiger partial charge in [0, 0.05) is 11.6 Å². The minimum absolute atomic E-state index is 0. The Morgan fingerprint density at radius 3 is 2.57 bits per heavy atom. The van der Waals surface area contributed by atoms with Crippen molar-refractivity contribution in [1.29, 1.82) is 0 Å². The lowest BCUT2D eigenvalue weighted by atomic mass is 11.0. The normalized spacial score (nSPS) is 7.57. The van der Waals surface area contributed by atoms with Gasteiger partial charge in [-0.3, -0.25) is 0 Å². The van der Waals surface area contributed by atoms with Gasteiger partial charge in [0.1, 0.15) is 12.4 Å². The average molecular weight is 139 g/mol. The number of imidazole rings is 1. The van der Waals surface area contributed by atoms with Crippen molar-refractivity contribution in [3.8, 4) is 0 Å². The molecule has 4 heteroatoms. The number of aromatic nitrogens is 2. The number of H-pyrrole nitrogens is 2. The highest BCUT2D eigenvalue weighted by atomic mass is 35.5. The number of nitrogens with one attached hydrogen (secondary N) is 2. The molecule has 0 atom stereocenters. The van der Waals surface area contributed by atoms with Crippen LogP contribution in [0, 0.1) is 0 Å². The van der Waals surface area contributed by atoms with E-state index in [1.807, 2.05) is 0 Å². The Bertz CT molecular complexity index is 114. The average Bonchev–Trinajstić information content (AvgIpc) is 1.86. The van der Waals surface area contributed by atoms with Crippen LogP contribution in [-0.4, -0.2) is 4.98 Å². The molecule has 2 nitrogen and oxygen atoms in total. The molecule has 0 saturated carbocycles. The Morgan fingerprint density at radius 2 is 2.43 bits per heavy atom. The van der Waals surface area contributed by atoms with Crippen LogP contribution in [0.4, 0.5) is 0 Å². The second-order valence-corrected chi connectivity index (χ2v) is 1.31. The Morgan fingerprint density at radius 1 is 1.71 bits per heavy atom. The fourth-order valence-corrected chi connectivity index (χ4v) is 0.397. The molecule has 0 saturated heterocycles. The van der Waals surface area contributed by atoms with E-state index in [1.165, 1.54) is 0 Å². The molecule has 1 rings (SSSR count). The molecule has 0 aromatic carbocycles. The highest BCUT2D eigenvalue weighted by Gasteiger charge is 1.87. The van der Waals surface area contributed by atoms with E-state index in [0.29, 0.717) is 5.28 Å². The Hall–Kier alpha value is -0.210. The van der Waals surface area contributed by atoms with Crippen LogP contribution in [0.5, 0.6) is 0 Å². The van der Waals surface area contributed by atoms with Crippen LogP contribution in [0.1, 0.15) is 0 Å². The molecule has 2 N–H and O–H groups in total. The molecule has 0 amide bonds. The summed E-state index contributed by atoms with van der Waals surface area (Å²) < 4.78 is 0. The zero-order valence-electron chi connectivity index (χ0n) is 3.41. The van der Waals surface area contributed by atoms with Crippen molar-refractivity contribution in [3.05, 3.63) is 17.7 Å². The fourth-order valence-electron chi connectivity index (χ4n) is 0.271. The van der Waals surface area contributed by atoms with E-state index in [1.54, 1.807) is 12.4 Å². The SMILES string of the molecule is Clc1[nH]cc[nH+]1.[Cl-]. The molecule has 0 unspecified atom stereocenters. The van der Waals surface area contributed by atoms with Crippen LogP contribution in [0.15, 0.2) is 12.4 Å². The first-order valence-corrected chi connectivity index (χ1v) is 1.98. The first kappa shape index (κ1) is 6.79. The van der Waals surface area contributed by atoms with E-state index in [0.717, 1.165) is 0 Å². The summed E-state index contributed by atoms with van der Waals surface area (Å²) in [6.45, 7) is 0. The lowest BCUT2D eigenvalue weighted by Crippen LogP contribution is -3.00. The maximum absolute atomic E-state index is 5.34. The van der Waals surface area contributed by atoms with E-state index in [-0.39, 0.29) is 12.4 Å². The number of rotatable bonds is 0. The van der Waals surface area contributed by atoms with E-state index in [9.17, 15) is 0 Å². The van der Waals surface area contributed by atoms with Crippen LogP contribution >= 0.6 is 11.6 Å². The summed E-state index contributed by atoms with van der Waals surface area (Å²) in [6, 6.07) is 0. The minimum atomic E-state index is 0. The van der Waals surface area contributed by atoms with Crippen molar-refractivity contribution in [2.75, 3.05) is 0 Å². The summed E-state index contributed by atoms with van der Waals surface area (Å²) in [4.78, 5) is 5.42. The first-order valence-electron chi connectivity index (χ1n) is 1.60. The van der Waals surface area contributed by atoms with Crippen molar-refractivity contribution in [3.63, 3.8) is 0 Å². The molecule has 0 bridgehead atoms. The fraction of sp³-hybridized carbons (Fsp3) is 0. The quantitative estimate of drug-likeness (QED) is 0.411. The molecular weight excluding hydrogens is 135 g/mol. The van der Waals surface area contributed by atoms with Gasteiger partial charge < -0.3 is 12.4 Å². The molecular formula is C3H4Cl2N2. The number of hydrogen-bond donors (Lipinski definition) is 1. The topological polar surface area (TPSA) is 29.9 Å². The number of aromatic amines is 2. The summed E-state index contributed by atoms with van der Waals surface area (Å²) in [7, 11) is 0. The summed E-state index contributed by atoms with van der Waals surface area (Å²) in [5.74, 6) is 0. The summed E-state index contributed by atoms with van der Waals surface area (Å²) in [5, 5.41) is 0.565. The van der Waals surface area contributed by atoms with Gasteiger partial charge in [0.15, 0.2) is 0 Å². The second kappa shape index (κ2) is 2.88. The molecule has 0 fully saturated rings. The summed E-state index contributed by atoms with van der Waals surface area (Å²) in [6.07, 6.45) is 3.45. The lowest BCUT2D eigenvalue weighted by molar-refractivity contribution is -0.373. The molecule has 40 valence electrons. The van der Waals surface area contributed by atoms with Gasteiger partial charge in [-0.15, -0.1) is 0 Å². The molecule has 0 aliphatic heterocycles. The molecule has 1 heterocycles. The maximum atomic E-state index is 5.34. The van der Waals surface area contributed by atoms with Crippen LogP contribution in [0.3, 0.4) is 0 Å². The molecule has 1 aromatic heterocycles. The molecule has 0 aliphatic carbocycles. The van der Waals surface area contributed by atoms with Crippen molar-refractivity contribution >= 4 is 11.6 Å².